The quantitative estimate of drug-likeness (QED) is 0.658. The number of Topliss-reactive ketones (excluding diaryl/α,β-unsaturated/α-hetero) is 1. The van der Waals surface area contributed by atoms with Crippen molar-refractivity contribution < 1.29 is 18.0 Å². The molecule has 1 heterocycles. The Bertz CT molecular complexity index is 1040. The third kappa shape index (κ3) is 5.06. The molecule has 1 aliphatic heterocycles. The highest BCUT2D eigenvalue weighted by Gasteiger charge is 2.26. The molecular formula is C22H27N3O4S. The number of amides is 1. The maximum absolute atomic E-state index is 12.9. The smallest absolute Gasteiger partial charge is 0.243 e. The fourth-order valence-corrected chi connectivity index (χ4v) is 5.02. The van der Waals surface area contributed by atoms with Crippen LogP contribution in [-0.2, 0) is 14.8 Å². The predicted octanol–water partition coefficient (Wildman–Crippen LogP) is 3.42. The van der Waals surface area contributed by atoms with Crippen molar-refractivity contribution in [2.75, 3.05) is 30.3 Å². The lowest BCUT2D eigenvalue weighted by atomic mass is 10.1. The van der Waals surface area contributed by atoms with Gasteiger partial charge in [-0.1, -0.05) is 24.6 Å². The molecular weight excluding hydrogens is 402 g/mol. The first kappa shape index (κ1) is 22.0. The van der Waals surface area contributed by atoms with Gasteiger partial charge in [0, 0.05) is 24.3 Å². The number of hydrogen-bond acceptors (Lipinski definition) is 5. The molecule has 0 radical (unpaired) electrons. The highest BCUT2D eigenvalue weighted by molar-refractivity contribution is 7.89. The van der Waals surface area contributed by atoms with Crippen LogP contribution in [0.1, 0.15) is 42.1 Å². The Morgan fingerprint density at radius 1 is 1.00 bits per heavy atom. The molecule has 1 saturated heterocycles. The molecule has 3 rings (SSSR count). The number of sulfonamides is 1. The summed E-state index contributed by atoms with van der Waals surface area (Å²) in [6, 6.07) is 11.7. The van der Waals surface area contributed by atoms with Gasteiger partial charge in [0.15, 0.2) is 5.78 Å². The van der Waals surface area contributed by atoms with Gasteiger partial charge in [-0.3, -0.25) is 9.59 Å². The molecule has 2 aromatic rings. The zero-order chi connectivity index (χ0) is 21.7. The van der Waals surface area contributed by atoms with E-state index in [0.717, 1.165) is 24.8 Å². The van der Waals surface area contributed by atoms with Gasteiger partial charge in [-0.05, 0) is 56.5 Å². The Labute approximate surface area is 177 Å². The second-order valence-corrected chi connectivity index (χ2v) is 9.38. The predicted molar refractivity (Wildman–Crippen MR) is 117 cm³/mol. The summed E-state index contributed by atoms with van der Waals surface area (Å²) in [5, 5.41) is 5.75. The first-order valence-electron chi connectivity index (χ1n) is 10.0. The van der Waals surface area contributed by atoms with Gasteiger partial charge in [-0.25, -0.2) is 8.42 Å². The van der Waals surface area contributed by atoms with E-state index >= 15 is 0 Å². The monoisotopic (exact) mass is 429 g/mol. The van der Waals surface area contributed by atoms with Gasteiger partial charge in [-0.15, -0.1) is 0 Å². The van der Waals surface area contributed by atoms with Crippen molar-refractivity contribution in [2.24, 2.45) is 0 Å². The molecule has 0 bridgehead atoms. The maximum atomic E-state index is 12.9. The van der Waals surface area contributed by atoms with Gasteiger partial charge >= 0.3 is 0 Å². The Morgan fingerprint density at radius 2 is 1.70 bits per heavy atom. The SMILES string of the molecule is CC(=O)c1ccccc1NC(=O)CNc1cc(S(=O)(=O)N2CCCCC2)ccc1C. The molecule has 0 aliphatic carbocycles. The highest BCUT2D eigenvalue weighted by Crippen LogP contribution is 2.25. The van der Waals surface area contributed by atoms with Crippen LogP contribution in [0, 0.1) is 6.92 Å². The lowest BCUT2D eigenvalue weighted by Gasteiger charge is -2.26. The molecule has 0 spiro atoms. The number of nitrogens with one attached hydrogen (secondary N) is 2. The second kappa shape index (κ2) is 9.40. The summed E-state index contributed by atoms with van der Waals surface area (Å²) in [6.45, 7) is 4.32. The summed E-state index contributed by atoms with van der Waals surface area (Å²) < 4.78 is 27.4. The number of rotatable bonds is 7. The second-order valence-electron chi connectivity index (χ2n) is 7.44. The minimum Gasteiger partial charge on any atom is -0.376 e. The van der Waals surface area contributed by atoms with E-state index in [-0.39, 0.29) is 23.1 Å². The standard InChI is InChI=1S/C22H27N3O4S/c1-16-10-11-18(30(28,29)25-12-6-3-7-13-25)14-21(16)23-15-22(27)24-20-9-5-4-8-19(20)17(2)26/h4-5,8-11,14,23H,3,6-7,12-13,15H2,1-2H3,(H,24,27). The number of carbonyl (C=O) groups excluding carboxylic acids is 2. The van der Waals surface area contributed by atoms with Crippen molar-refractivity contribution in [1.82, 2.24) is 4.31 Å². The Morgan fingerprint density at radius 3 is 2.40 bits per heavy atom. The van der Waals surface area contributed by atoms with E-state index in [1.165, 1.54) is 11.2 Å². The van der Waals surface area contributed by atoms with E-state index in [1.807, 2.05) is 6.92 Å². The zero-order valence-corrected chi connectivity index (χ0v) is 18.1. The summed E-state index contributed by atoms with van der Waals surface area (Å²) in [5.74, 6) is -0.460. The summed E-state index contributed by atoms with van der Waals surface area (Å²) in [7, 11) is -3.55. The average Bonchev–Trinajstić information content (AvgIpc) is 2.74. The molecule has 1 fully saturated rings. The van der Waals surface area contributed by atoms with Gasteiger partial charge in [0.25, 0.3) is 0 Å². The third-order valence-electron chi connectivity index (χ3n) is 5.18. The van der Waals surface area contributed by atoms with Gasteiger partial charge in [-0.2, -0.15) is 4.31 Å². The number of carbonyl (C=O) groups is 2. The van der Waals surface area contributed by atoms with Gasteiger partial charge in [0.05, 0.1) is 17.1 Å². The molecule has 2 aromatic carbocycles. The fraction of sp³-hybridized carbons (Fsp3) is 0.364. The molecule has 0 aromatic heterocycles. The van der Waals surface area contributed by atoms with Crippen LogP contribution in [0.15, 0.2) is 47.4 Å². The number of anilines is 2. The summed E-state index contributed by atoms with van der Waals surface area (Å²) in [5.41, 5.74) is 2.32. The number of piperidine rings is 1. The Kier molecular flexibility index (Phi) is 6.89. The normalized spacial score (nSPS) is 14.9. The molecule has 0 saturated carbocycles. The minimum atomic E-state index is -3.55. The van der Waals surface area contributed by atoms with Crippen LogP contribution >= 0.6 is 0 Å². The molecule has 0 atom stereocenters. The van der Waals surface area contributed by atoms with E-state index in [9.17, 15) is 18.0 Å². The molecule has 0 unspecified atom stereocenters. The molecule has 1 amide bonds. The molecule has 7 nitrogen and oxygen atoms in total. The van der Waals surface area contributed by atoms with Crippen molar-refractivity contribution in [3.63, 3.8) is 0 Å². The van der Waals surface area contributed by atoms with E-state index in [4.69, 9.17) is 0 Å². The number of nitrogens with zero attached hydrogens (tertiary/aromatic N) is 1. The van der Waals surface area contributed by atoms with Gasteiger partial charge in [0.2, 0.25) is 15.9 Å². The summed E-state index contributed by atoms with van der Waals surface area (Å²) >= 11 is 0. The minimum absolute atomic E-state index is 0.0553. The highest BCUT2D eigenvalue weighted by atomic mass is 32.2. The van der Waals surface area contributed by atoms with Crippen molar-refractivity contribution in [2.45, 2.75) is 38.0 Å². The van der Waals surface area contributed by atoms with E-state index < -0.39 is 10.0 Å². The van der Waals surface area contributed by atoms with E-state index in [0.29, 0.717) is 30.0 Å². The number of para-hydroxylation sites is 1. The average molecular weight is 430 g/mol. The van der Waals surface area contributed by atoms with Crippen LogP contribution in [0.4, 0.5) is 11.4 Å². The molecule has 160 valence electrons. The van der Waals surface area contributed by atoms with Crippen LogP contribution in [0.25, 0.3) is 0 Å². The van der Waals surface area contributed by atoms with Crippen molar-refractivity contribution in [3.8, 4) is 0 Å². The number of aryl methyl sites for hydroxylation is 1. The van der Waals surface area contributed by atoms with Crippen LogP contribution < -0.4 is 10.6 Å². The van der Waals surface area contributed by atoms with Crippen LogP contribution in [0.3, 0.4) is 0 Å². The van der Waals surface area contributed by atoms with Crippen molar-refractivity contribution >= 4 is 33.1 Å². The molecule has 1 aliphatic rings. The van der Waals surface area contributed by atoms with Crippen LogP contribution in [0.5, 0.6) is 0 Å². The largest absolute Gasteiger partial charge is 0.376 e. The van der Waals surface area contributed by atoms with Crippen molar-refractivity contribution in [1.29, 1.82) is 0 Å². The topological polar surface area (TPSA) is 95.6 Å². The lowest BCUT2D eigenvalue weighted by molar-refractivity contribution is -0.114. The molecule has 2 N–H and O–H groups in total. The number of ketones is 1. The first-order valence-corrected chi connectivity index (χ1v) is 11.5. The summed E-state index contributed by atoms with van der Waals surface area (Å²) in [4.78, 5) is 24.3. The zero-order valence-electron chi connectivity index (χ0n) is 17.3. The molecule has 8 heteroatoms. The Balaban J connectivity index is 1.71. The maximum Gasteiger partial charge on any atom is 0.243 e. The first-order chi connectivity index (χ1) is 14.3. The number of benzene rings is 2. The van der Waals surface area contributed by atoms with Crippen LogP contribution in [0.2, 0.25) is 0 Å². The van der Waals surface area contributed by atoms with E-state index in [2.05, 4.69) is 10.6 Å². The molecule has 30 heavy (non-hydrogen) atoms. The Hall–Kier alpha value is -2.71. The fourth-order valence-electron chi connectivity index (χ4n) is 3.48. The number of hydrogen-bond donors (Lipinski definition) is 2. The van der Waals surface area contributed by atoms with Gasteiger partial charge in [0.1, 0.15) is 0 Å². The van der Waals surface area contributed by atoms with Crippen LogP contribution in [-0.4, -0.2) is 44.0 Å². The summed E-state index contributed by atoms with van der Waals surface area (Å²) in [6.07, 6.45) is 2.80. The van der Waals surface area contributed by atoms with Crippen molar-refractivity contribution in [3.05, 3.63) is 53.6 Å². The van der Waals surface area contributed by atoms with Gasteiger partial charge < -0.3 is 10.6 Å². The lowest BCUT2D eigenvalue weighted by Crippen LogP contribution is -2.35. The third-order valence-corrected chi connectivity index (χ3v) is 7.08. The van der Waals surface area contributed by atoms with E-state index in [1.54, 1.807) is 42.5 Å².